The van der Waals surface area contributed by atoms with E-state index < -0.39 is 5.91 Å². The molecule has 0 aliphatic heterocycles. The number of nitrogens with two attached hydrogens (primary N) is 2. The molecule has 0 bridgehead atoms. The Morgan fingerprint density at radius 1 is 1.57 bits per heavy atom. The van der Waals surface area contributed by atoms with Gasteiger partial charge in [-0.3, -0.25) is 4.79 Å². The Kier molecular flexibility index (Phi) is 3.17. The van der Waals surface area contributed by atoms with Crippen LogP contribution in [0.5, 0.6) is 5.75 Å². The second kappa shape index (κ2) is 4.36. The maximum Gasteiger partial charge on any atom is 0.236 e. The first-order valence-electron chi connectivity index (χ1n) is 4.09. The highest BCUT2D eigenvalue weighted by molar-refractivity contribution is 5.80. The number of carbonyl (C=O) groups is 1. The normalized spacial score (nSPS) is 9.50. The number of benzene rings is 1. The molecule has 1 aromatic rings. The maximum absolute atomic E-state index is 10.5. The van der Waals surface area contributed by atoms with Crippen molar-refractivity contribution in [1.82, 2.24) is 0 Å². The quantitative estimate of drug-likeness (QED) is 0.597. The van der Waals surface area contributed by atoms with Crippen molar-refractivity contribution in [2.75, 3.05) is 24.7 Å². The van der Waals surface area contributed by atoms with Crippen LogP contribution in [-0.4, -0.2) is 19.6 Å². The second-order valence-electron chi connectivity index (χ2n) is 2.77. The third kappa shape index (κ3) is 2.55. The maximum atomic E-state index is 10.5. The van der Waals surface area contributed by atoms with Crippen molar-refractivity contribution >= 4 is 17.3 Å². The van der Waals surface area contributed by atoms with Gasteiger partial charge in [0.2, 0.25) is 5.91 Å². The van der Waals surface area contributed by atoms with Crippen LogP contribution >= 0.6 is 0 Å². The predicted octanol–water partition coefficient (Wildman–Crippen LogP) is 0.175. The van der Waals surface area contributed by atoms with E-state index in [1.807, 2.05) is 0 Å². The summed E-state index contributed by atoms with van der Waals surface area (Å²) in [5, 5.41) is 2.81. The van der Waals surface area contributed by atoms with Gasteiger partial charge in [-0.1, -0.05) is 0 Å². The third-order valence-electron chi connectivity index (χ3n) is 1.71. The molecule has 0 unspecified atom stereocenters. The van der Waals surface area contributed by atoms with E-state index in [1.165, 1.54) is 0 Å². The fourth-order valence-electron chi connectivity index (χ4n) is 0.998. The van der Waals surface area contributed by atoms with E-state index in [-0.39, 0.29) is 6.54 Å². The highest BCUT2D eigenvalue weighted by Crippen LogP contribution is 2.23. The number of carbonyl (C=O) groups excluding carboxylic acids is 1. The molecule has 1 amide bonds. The molecule has 0 saturated carbocycles. The number of primary amides is 1. The number of rotatable bonds is 4. The lowest BCUT2D eigenvalue weighted by atomic mass is 10.2. The number of ether oxygens (including phenoxy) is 1. The highest BCUT2D eigenvalue weighted by atomic mass is 16.5. The van der Waals surface area contributed by atoms with Gasteiger partial charge in [-0.25, -0.2) is 0 Å². The van der Waals surface area contributed by atoms with Gasteiger partial charge in [0.25, 0.3) is 0 Å². The molecule has 1 aromatic carbocycles. The van der Waals surface area contributed by atoms with Crippen molar-refractivity contribution < 1.29 is 9.53 Å². The summed E-state index contributed by atoms with van der Waals surface area (Å²) in [5.41, 5.74) is 11.8. The van der Waals surface area contributed by atoms with Crippen molar-refractivity contribution in [3.05, 3.63) is 18.2 Å². The third-order valence-corrected chi connectivity index (χ3v) is 1.71. The zero-order valence-electron chi connectivity index (χ0n) is 7.91. The standard InChI is InChI=1S/C9H13N3O2/c1-14-6-2-3-7(10)8(4-6)12-5-9(11)13/h2-4,12H,5,10H2,1H3,(H2,11,13). The van der Waals surface area contributed by atoms with Gasteiger partial charge in [0, 0.05) is 6.07 Å². The lowest BCUT2D eigenvalue weighted by molar-refractivity contribution is -0.116. The molecule has 0 fully saturated rings. The topological polar surface area (TPSA) is 90.4 Å². The zero-order chi connectivity index (χ0) is 10.6. The molecule has 0 spiro atoms. The smallest absolute Gasteiger partial charge is 0.236 e. The Morgan fingerprint density at radius 2 is 2.29 bits per heavy atom. The molecule has 5 heteroatoms. The molecular formula is C9H13N3O2. The molecule has 5 nitrogen and oxygen atoms in total. The van der Waals surface area contributed by atoms with Crippen molar-refractivity contribution in [2.24, 2.45) is 5.73 Å². The summed E-state index contributed by atoms with van der Waals surface area (Å²) in [5.74, 6) is 0.235. The van der Waals surface area contributed by atoms with Gasteiger partial charge >= 0.3 is 0 Å². The Hall–Kier alpha value is -1.91. The summed E-state index contributed by atoms with van der Waals surface area (Å²) in [6, 6.07) is 5.14. The summed E-state index contributed by atoms with van der Waals surface area (Å²) in [4.78, 5) is 10.5. The lowest BCUT2D eigenvalue weighted by Gasteiger charge is -2.09. The van der Waals surface area contributed by atoms with Crippen molar-refractivity contribution in [3.8, 4) is 5.75 Å². The van der Waals surface area contributed by atoms with Crippen LogP contribution in [0, 0.1) is 0 Å². The molecule has 0 radical (unpaired) electrons. The minimum Gasteiger partial charge on any atom is -0.497 e. The van der Waals surface area contributed by atoms with Crippen LogP contribution in [0.2, 0.25) is 0 Å². The van der Waals surface area contributed by atoms with Crippen LogP contribution in [0.4, 0.5) is 11.4 Å². The monoisotopic (exact) mass is 195 g/mol. The van der Waals surface area contributed by atoms with Gasteiger partial charge in [-0.15, -0.1) is 0 Å². The van der Waals surface area contributed by atoms with E-state index in [1.54, 1.807) is 25.3 Å². The summed E-state index contributed by atoms with van der Waals surface area (Å²) in [6.45, 7) is 0.0529. The van der Waals surface area contributed by atoms with Gasteiger partial charge in [0.15, 0.2) is 0 Å². The van der Waals surface area contributed by atoms with E-state index >= 15 is 0 Å². The molecule has 1 rings (SSSR count). The second-order valence-corrected chi connectivity index (χ2v) is 2.77. The Bertz CT molecular complexity index is 339. The molecular weight excluding hydrogens is 182 g/mol. The molecule has 14 heavy (non-hydrogen) atoms. The van der Waals surface area contributed by atoms with Gasteiger partial charge in [-0.2, -0.15) is 0 Å². The number of amides is 1. The van der Waals surface area contributed by atoms with Crippen LogP contribution in [0.1, 0.15) is 0 Å². The van der Waals surface area contributed by atoms with Gasteiger partial charge in [-0.05, 0) is 12.1 Å². The van der Waals surface area contributed by atoms with Crippen molar-refractivity contribution in [3.63, 3.8) is 0 Å². The molecule has 0 aliphatic carbocycles. The molecule has 0 aromatic heterocycles. The fraction of sp³-hybridized carbons (Fsp3) is 0.222. The fourth-order valence-corrected chi connectivity index (χ4v) is 0.998. The highest BCUT2D eigenvalue weighted by Gasteiger charge is 2.01. The zero-order valence-corrected chi connectivity index (χ0v) is 7.91. The molecule has 0 heterocycles. The molecule has 0 aliphatic rings. The first-order valence-corrected chi connectivity index (χ1v) is 4.09. The van der Waals surface area contributed by atoms with E-state index in [0.29, 0.717) is 17.1 Å². The van der Waals surface area contributed by atoms with Crippen molar-refractivity contribution in [1.29, 1.82) is 0 Å². The number of anilines is 2. The minimum absolute atomic E-state index is 0.0529. The summed E-state index contributed by atoms with van der Waals surface area (Å²) < 4.78 is 5.00. The lowest BCUT2D eigenvalue weighted by Crippen LogP contribution is -2.22. The van der Waals surface area contributed by atoms with Crippen LogP contribution in [-0.2, 0) is 4.79 Å². The first-order chi connectivity index (χ1) is 6.63. The van der Waals surface area contributed by atoms with Crippen LogP contribution in [0.25, 0.3) is 0 Å². The average molecular weight is 195 g/mol. The van der Waals surface area contributed by atoms with E-state index in [4.69, 9.17) is 16.2 Å². The van der Waals surface area contributed by atoms with E-state index in [9.17, 15) is 4.79 Å². The summed E-state index contributed by atoms with van der Waals surface area (Å²) in [6.07, 6.45) is 0. The number of methoxy groups -OCH3 is 1. The van der Waals surface area contributed by atoms with E-state index in [2.05, 4.69) is 5.32 Å². The molecule has 5 N–H and O–H groups in total. The minimum atomic E-state index is -0.438. The number of nitrogens with one attached hydrogen (secondary N) is 1. The van der Waals surface area contributed by atoms with Crippen LogP contribution < -0.4 is 21.5 Å². The van der Waals surface area contributed by atoms with Crippen LogP contribution in [0.3, 0.4) is 0 Å². The molecule has 0 atom stereocenters. The van der Waals surface area contributed by atoms with Gasteiger partial charge in [0.05, 0.1) is 25.0 Å². The Morgan fingerprint density at radius 3 is 2.86 bits per heavy atom. The SMILES string of the molecule is COc1ccc(N)c(NCC(N)=O)c1. The average Bonchev–Trinajstić information content (AvgIpc) is 2.16. The molecule has 76 valence electrons. The number of hydrogen-bond donors (Lipinski definition) is 3. The Labute approximate surface area is 82.0 Å². The predicted molar refractivity (Wildman–Crippen MR) is 55.1 cm³/mol. The summed E-state index contributed by atoms with van der Waals surface area (Å²) >= 11 is 0. The summed E-state index contributed by atoms with van der Waals surface area (Å²) in [7, 11) is 1.56. The van der Waals surface area contributed by atoms with E-state index in [0.717, 1.165) is 0 Å². The molecule has 0 saturated heterocycles. The van der Waals surface area contributed by atoms with Gasteiger partial charge < -0.3 is 21.5 Å². The first kappa shape index (κ1) is 10.2. The van der Waals surface area contributed by atoms with Crippen molar-refractivity contribution in [2.45, 2.75) is 0 Å². The number of nitrogen functional groups attached to an aromatic ring is 1. The largest absolute Gasteiger partial charge is 0.497 e. The number of hydrogen-bond acceptors (Lipinski definition) is 4. The Balaban J connectivity index is 2.78. The van der Waals surface area contributed by atoms with Gasteiger partial charge in [0.1, 0.15) is 5.75 Å². The van der Waals surface area contributed by atoms with Crippen LogP contribution in [0.15, 0.2) is 18.2 Å².